The van der Waals surface area contributed by atoms with Crippen LogP contribution in [0.2, 0.25) is 0 Å². The molecule has 0 unspecified atom stereocenters. The lowest BCUT2D eigenvalue weighted by Crippen LogP contribution is -2.34. The maximum atomic E-state index is 8.82. The van der Waals surface area contributed by atoms with Gasteiger partial charge in [-0.3, -0.25) is 0 Å². The zero-order chi connectivity index (χ0) is 10.4. The van der Waals surface area contributed by atoms with E-state index in [1.54, 1.807) is 11.3 Å². The van der Waals surface area contributed by atoms with Crippen LogP contribution in [0.1, 0.15) is 16.8 Å². The van der Waals surface area contributed by atoms with Gasteiger partial charge in [0, 0.05) is 17.6 Å². The van der Waals surface area contributed by atoms with Gasteiger partial charge in [0.05, 0.1) is 24.3 Å². The number of aryl methyl sites for hydroxylation is 1. The largest absolute Gasteiger partial charge is 0.395 e. The molecule has 0 bridgehead atoms. The van der Waals surface area contributed by atoms with Gasteiger partial charge in [-0.2, -0.15) is 0 Å². The topological polar surface area (TPSA) is 65.4 Å². The third-order valence-electron chi connectivity index (χ3n) is 1.91. The van der Waals surface area contributed by atoms with Gasteiger partial charge in [-0.25, -0.2) is 4.98 Å². The first kappa shape index (κ1) is 11.6. The van der Waals surface area contributed by atoms with Crippen LogP contribution in [0, 0.1) is 0 Å². The summed E-state index contributed by atoms with van der Waals surface area (Å²) in [4.78, 5) is 5.35. The summed E-state index contributed by atoms with van der Waals surface area (Å²) in [6.45, 7) is 2.63. The Morgan fingerprint density at radius 2 is 2.21 bits per heavy atom. The van der Waals surface area contributed by atoms with Crippen molar-refractivity contribution in [1.29, 1.82) is 0 Å². The van der Waals surface area contributed by atoms with Gasteiger partial charge >= 0.3 is 0 Å². The molecule has 0 radical (unpaired) electrons. The zero-order valence-electron chi connectivity index (χ0n) is 8.23. The van der Waals surface area contributed by atoms with Crippen molar-refractivity contribution in [3.8, 4) is 0 Å². The fourth-order valence-corrected chi connectivity index (χ4v) is 1.84. The average Bonchev–Trinajstić information content (AvgIpc) is 2.67. The van der Waals surface area contributed by atoms with Crippen molar-refractivity contribution < 1.29 is 10.2 Å². The van der Waals surface area contributed by atoms with Crippen molar-refractivity contribution in [3.05, 3.63) is 16.1 Å². The summed E-state index contributed by atoms with van der Waals surface area (Å²) in [5.41, 5.74) is 0. The normalized spacial score (nSPS) is 11.1. The predicted molar refractivity (Wildman–Crippen MR) is 56.3 cm³/mol. The molecule has 0 aliphatic rings. The van der Waals surface area contributed by atoms with Crippen molar-refractivity contribution >= 4 is 11.3 Å². The summed E-state index contributed by atoms with van der Waals surface area (Å²) in [7, 11) is 0. The monoisotopic (exact) mass is 216 g/mol. The van der Waals surface area contributed by atoms with Crippen LogP contribution in [0.4, 0.5) is 0 Å². The minimum atomic E-state index is -0.234. The number of aromatic nitrogens is 1. The van der Waals surface area contributed by atoms with E-state index in [2.05, 4.69) is 17.2 Å². The minimum absolute atomic E-state index is 0.0457. The van der Waals surface area contributed by atoms with E-state index < -0.39 is 0 Å². The minimum Gasteiger partial charge on any atom is -0.395 e. The second-order valence-electron chi connectivity index (χ2n) is 3.02. The molecule has 0 spiro atoms. The average molecular weight is 216 g/mol. The first-order valence-electron chi connectivity index (χ1n) is 4.68. The van der Waals surface area contributed by atoms with E-state index in [4.69, 9.17) is 10.2 Å². The third-order valence-corrected chi connectivity index (χ3v) is 3.05. The van der Waals surface area contributed by atoms with Crippen LogP contribution in [0.15, 0.2) is 6.20 Å². The fraction of sp³-hybridized carbons (Fsp3) is 0.667. The van der Waals surface area contributed by atoms with E-state index in [1.807, 2.05) is 6.20 Å². The lowest BCUT2D eigenvalue weighted by Gasteiger charge is -2.11. The first-order chi connectivity index (χ1) is 6.80. The molecule has 4 nitrogen and oxygen atoms in total. The summed E-state index contributed by atoms with van der Waals surface area (Å²) in [5, 5.41) is 21.8. The molecule has 0 atom stereocenters. The third kappa shape index (κ3) is 3.34. The highest BCUT2D eigenvalue weighted by Crippen LogP contribution is 2.12. The van der Waals surface area contributed by atoms with Gasteiger partial charge in [0.1, 0.15) is 0 Å². The highest BCUT2D eigenvalue weighted by atomic mass is 32.1. The van der Waals surface area contributed by atoms with Gasteiger partial charge in [0.15, 0.2) is 0 Å². The van der Waals surface area contributed by atoms with Crippen molar-refractivity contribution in [2.24, 2.45) is 0 Å². The molecule has 0 aliphatic carbocycles. The second-order valence-corrected chi connectivity index (χ2v) is 4.22. The van der Waals surface area contributed by atoms with Crippen LogP contribution in [-0.2, 0) is 13.0 Å². The first-order valence-corrected chi connectivity index (χ1v) is 5.50. The summed E-state index contributed by atoms with van der Waals surface area (Å²) in [6.07, 6.45) is 2.79. The Bertz CT molecular complexity index is 261. The number of aliphatic hydroxyl groups excluding tert-OH is 2. The van der Waals surface area contributed by atoms with E-state index in [-0.39, 0.29) is 19.3 Å². The molecular weight excluding hydrogens is 200 g/mol. The molecule has 1 aromatic rings. The number of rotatable bonds is 6. The number of hydrogen-bond acceptors (Lipinski definition) is 5. The highest BCUT2D eigenvalue weighted by molar-refractivity contribution is 7.11. The van der Waals surface area contributed by atoms with Crippen molar-refractivity contribution in [3.63, 3.8) is 0 Å². The number of thiazole rings is 1. The molecule has 0 aliphatic heterocycles. The van der Waals surface area contributed by atoms with Gasteiger partial charge in [-0.05, 0) is 6.42 Å². The molecule has 14 heavy (non-hydrogen) atoms. The number of hydrogen-bond donors (Lipinski definition) is 3. The van der Waals surface area contributed by atoms with Gasteiger partial charge in [-0.15, -0.1) is 11.3 Å². The molecular formula is C9H16N2O2S. The Labute approximate surface area is 87.6 Å². The molecule has 0 amide bonds. The Morgan fingerprint density at radius 1 is 1.50 bits per heavy atom. The summed E-state index contributed by atoms with van der Waals surface area (Å²) in [5.74, 6) is 0. The maximum absolute atomic E-state index is 8.82. The molecule has 3 N–H and O–H groups in total. The van der Waals surface area contributed by atoms with Gasteiger partial charge < -0.3 is 15.5 Å². The number of aliphatic hydroxyl groups is 2. The fourth-order valence-electron chi connectivity index (χ4n) is 1.02. The van der Waals surface area contributed by atoms with Crippen LogP contribution in [0.3, 0.4) is 0 Å². The lowest BCUT2D eigenvalue weighted by atomic mass is 10.3. The summed E-state index contributed by atoms with van der Waals surface area (Å²) >= 11 is 1.66. The van der Waals surface area contributed by atoms with Gasteiger partial charge in [0.2, 0.25) is 0 Å². The quantitative estimate of drug-likeness (QED) is 0.633. The van der Waals surface area contributed by atoms with Crippen molar-refractivity contribution in [2.75, 3.05) is 13.2 Å². The molecule has 5 heteroatoms. The molecule has 0 aromatic carbocycles. The summed E-state index contributed by atoms with van der Waals surface area (Å²) < 4.78 is 0. The van der Waals surface area contributed by atoms with E-state index in [0.717, 1.165) is 16.3 Å². The van der Waals surface area contributed by atoms with E-state index in [9.17, 15) is 0 Å². The molecule has 0 saturated heterocycles. The van der Waals surface area contributed by atoms with Gasteiger partial charge in [-0.1, -0.05) is 6.92 Å². The van der Waals surface area contributed by atoms with Gasteiger partial charge in [0.25, 0.3) is 0 Å². The Balaban J connectivity index is 2.37. The van der Waals surface area contributed by atoms with E-state index in [1.165, 1.54) is 0 Å². The van der Waals surface area contributed by atoms with E-state index in [0.29, 0.717) is 6.54 Å². The zero-order valence-corrected chi connectivity index (χ0v) is 9.05. The molecule has 80 valence electrons. The molecule has 0 fully saturated rings. The van der Waals surface area contributed by atoms with Crippen LogP contribution in [0.5, 0.6) is 0 Å². The smallest absolute Gasteiger partial charge is 0.0925 e. The Kier molecular flexibility index (Phi) is 5.03. The van der Waals surface area contributed by atoms with Crippen molar-refractivity contribution in [2.45, 2.75) is 25.9 Å². The van der Waals surface area contributed by atoms with Crippen LogP contribution >= 0.6 is 11.3 Å². The molecule has 1 aromatic heterocycles. The SMILES string of the molecule is CCc1ncc(CNC(CO)CO)s1. The highest BCUT2D eigenvalue weighted by Gasteiger charge is 2.05. The maximum Gasteiger partial charge on any atom is 0.0925 e. The molecule has 0 saturated carbocycles. The van der Waals surface area contributed by atoms with Crippen LogP contribution in [-0.4, -0.2) is 34.5 Å². The lowest BCUT2D eigenvalue weighted by molar-refractivity contribution is 0.170. The van der Waals surface area contributed by atoms with Crippen LogP contribution < -0.4 is 5.32 Å². The standard InChI is InChI=1S/C9H16N2O2S/c1-2-9-11-4-8(14-9)3-10-7(5-12)6-13/h4,7,10,12-13H,2-3,5-6H2,1H3. The predicted octanol–water partition coefficient (Wildman–Crippen LogP) is 0.148. The molecule has 1 rings (SSSR count). The van der Waals surface area contributed by atoms with Crippen LogP contribution in [0.25, 0.3) is 0 Å². The Hall–Kier alpha value is -0.490. The van der Waals surface area contributed by atoms with E-state index >= 15 is 0 Å². The molecule has 1 heterocycles. The summed E-state index contributed by atoms with van der Waals surface area (Å²) in [6, 6.07) is -0.234. The van der Waals surface area contributed by atoms with Crippen molar-refractivity contribution in [1.82, 2.24) is 10.3 Å². The Morgan fingerprint density at radius 3 is 2.71 bits per heavy atom. The second kappa shape index (κ2) is 6.08. The number of nitrogens with one attached hydrogen (secondary N) is 1. The number of nitrogens with zero attached hydrogens (tertiary/aromatic N) is 1.